The highest BCUT2D eigenvalue weighted by Crippen LogP contribution is 2.14. The van der Waals surface area contributed by atoms with Gasteiger partial charge in [0, 0.05) is 13.1 Å². The number of carbonyl (C=O) groups excluding carboxylic acids is 1. The highest BCUT2D eigenvalue weighted by atomic mass is 16.5. The molecular formula is C16H23NO2. The smallest absolute Gasteiger partial charge is 0.226 e. The van der Waals surface area contributed by atoms with Crippen LogP contribution in [0.2, 0.25) is 0 Å². The number of nitrogens with zero attached hydrogens (tertiary/aromatic N) is 1. The Kier molecular flexibility index (Phi) is 5.25. The summed E-state index contributed by atoms with van der Waals surface area (Å²) >= 11 is 0. The summed E-state index contributed by atoms with van der Waals surface area (Å²) in [7, 11) is 1.65. The lowest BCUT2D eigenvalue weighted by molar-refractivity contribution is -0.130. The topological polar surface area (TPSA) is 29.5 Å². The van der Waals surface area contributed by atoms with E-state index in [4.69, 9.17) is 4.74 Å². The lowest BCUT2D eigenvalue weighted by Gasteiger charge is -2.24. The third-order valence-electron chi connectivity index (χ3n) is 3.72. The number of rotatable bonds is 3. The molecule has 0 N–H and O–H groups in total. The minimum atomic E-state index is 0.257. The minimum absolute atomic E-state index is 0.257. The molecule has 3 heteroatoms. The van der Waals surface area contributed by atoms with Crippen LogP contribution in [0.4, 0.5) is 0 Å². The summed E-state index contributed by atoms with van der Waals surface area (Å²) in [4.78, 5) is 14.3. The number of methoxy groups -OCH3 is 1. The van der Waals surface area contributed by atoms with Crippen molar-refractivity contribution in [3.8, 4) is 5.75 Å². The molecule has 0 aliphatic carbocycles. The molecule has 19 heavy (non-hydrogen) atoms. The summed E-state index contributed by atoms with van der Waals surface area (Å²) in [6.07, 6.45) is 6.63. The molecule has 1 aromatic carbocycles. The Labute approximate surface area is 115 Å². The predicted octanol–water partition coefficient (Wildman–Crippen LogP) is 3.03. The molecule has 1 aliphatic heterocycles. The van der Waals surface area contributed by atoms with Crippen LogP contribution >= 0.6 is 0 Å². The molecule has 0 saturated carbocycles. The normalized spacial score (nSPS) is 16.6. The minimum Gasteiger partial charge on any atom is -0.497 e. The number of amides is 1. The molecule has 1 fully saturated rings. The van der Waals surface area contributed by atoms with E-state index in [2.05, 4.69) is 0 Å². The maximum atomic E-state index is 12.3. The van der Waals surface area contributed by atoms with Gasteiger partial charge < -0.3 is 9.64 Å². The summed E-state index contributed by atoms with van der Waals surface area (Å²) in [5.74, 6) is 1.09. The fraction of sp³-hybridized carbons (Fsp3) is 0.562. The second-order valence-electron chi connectivity index (χ2n) is 5.17. The van der Waals surface area contributed by atoms with Crippen molar-refractivity contribution in [3.05, 3.63) is 29.8 Å². The van der Waals surface area contributed by atoms with Crippen LogP contribution in [0.1, 0.15) is 37.7 Å². The van der Waals surface area contributed by atoms with Gasteiger partial charge in [0.15, 0.2) is 0 Å². The Balaban J connectivity index is 1.90. The van der Waals surface area contributed by atoms with Gasteiger partial charge in [0.05, 0.1) is 13.5 Å². The number of hydrogen-bond acceptors (Lipinski definition) is 2. The third-order valence-corrected chi connectivity index (χ3v) is 3.72. The quantitative estimate of drug-likeness (QED) is 0.837. The standard InChI is InChI=1S/C16H23NO2/c1-19-15-9-7-14(8-10-15)13-16(18)17-11-5-3-2-4-6-12-17/h7-10H,2-6,11-13H2,1H3. The zero-order chi connectivity index (χ0) is 13.5. The van der Waals surface area contributed by atoms with Gasteiger partial charge in [-0.25, -0.2) is 0 Å². The molecule has 0 aromatic heterocycles. The van der Waals surface area contributed by atoms with E-state index < -0.39 is 0 Å². The summed E-state index contributed by atoms with van der Waals surface area (Å²) in [6, 6.07) is 7.77. The van der Waals surface area contributed by atoms with E-state index in [1.165, 1.54) is 19.3 Å². The number of ether oxygens (including phenoxy) is 1. The third kappa shape index (κ3) is 4.27. The van der Waals surface area contributed by atoms with Crippen LogP contribution in [0, 0.1) is 0 Å². The highest BCUT2D eigenvalue weighted by molar-refractivity contribution is 5.78. The van der Waals surface area contributed by atoms with Crippen LogP contribution in [0.5, 0.6) is 5.75 Å². The molecule has 2 rings (SSSR count). The molecule has 1 aromatic rings. The molecule has 0 bridgehead atoms. The van der Waals surface area contributed by atoms with Gasteiger partial charge in [-0.3, -0.25) is 4.79 Å². The van der Waals surface area contributed by atoms with E-state index in [0.29, 0.717) is 6.42 Å². The van der Waals surface area contributed by atoms with E-state index >= 15 is 0 Å². The maximum absolute atomic E-state index is 12.3. The Bertz CT molecular complexity index is 392. The molecule has 0 atom stereocenters. The Morgan fingerprint density at radius 3 is 2.21 bits per heavy atom. The van der Waals surface area contributed by atoms with Crippen molar-refractivity contribution >= 4 is 5.91 Å². The lowest BCUT2D eigenvalue weighted by Crippen LogP contribution is -2.34. The molecular weight excluding hydrogens is 238 g/mol. The Hall–Kier alpha value is -1.51. The molecule has 1 amide bonds. The zero-order valence-corrected chi connectivity index (χ0v) is 11.7. The van der Waals surface area contributed by atoms with Crippen molar-refractivity contribution in [2.45, 2.75) is 38.5 Å². The highest BCUT2D eigenvalue weighted by Gasteiger charge is 2.14. The zero-order valence-electron chi connectivity index (χ0n) is 11.7. The van der Waals surface area contributed by atoms with Crippen LogP contribution in [0.25, 0.3) is 0 Å². The molecule has 1 saturated heterocycles. The summed E-state index contributed by atoms with van der Waals surface area (Å²) in [5.41, 5.74) is 1.06. The van der Waals surface area contributed by atoms with E-state index in [0.717, 1.165) is 37.2 Å². The predicted molar refractivity (Wildman–Crippen MR) is 76.4 cm³/mol. The maximum Gasteiger partial charge on any atom is 0.226 e. The van der Waals surface area contributed by atoms with Crippen molar-refractivity contribution < 1.29 is 9.53 Å². The average molecular weight is 261 g/mol. The van der Waals surface area contributed by atoms with Gasteiger partial charge in [0.2, 0.25) is 5.91 Å². The van der Waals surface area contributed by atoms with Gasteiger partial charge in [-0.05, 0) is 30.5 Å². The molecule has 1 heterocycles. The van der Waals surface area contributed by atoms with Gasteiger partial charge in [-0.1, -0.05) is 31.4 Å². The summed E-state index contributed by atoms with van der Waals surface area (Å²) < 4.78 is 5.13. The van der Waals surface area contributed by atoms with E-state index in [1.807, 2.05) is 29.2 Å². The Morgan fingerprint density at radius 1 is 1.05 bits per heavy atom. The number of likely N-dealkylation sites (tertiary alicyclic amines) is 1. The van der Waals surface area contributed by atoms with Crippen molar-refractivity contribution in [2.24, 2.45) is 0 Å². The average Bonchev–Trinajstić information content (AvgIpc) is 2.39. The molecule has 104 valence electrons. The van der Waals surface area contributed by atoms with Gasteiger partial charge in [0.1, 0.15) is 5.75 Å². The lowest BCUT2D eigenvalue weighted by atomic mass is 10.1. The van der Waals surface area contributed by atoms with Crippen LogP contribution in [-0.4, -0.2) is 31.0 Å². The van der Waals surface area contributed by atoms with Crippen LogP contribution in [0.15, 0.2) is 24.3 Å². The monoisotopic (exact) mass is 261 g/mol. The first kappa shape index (κ1) is 13.9. The van der Waals surface area contributed by atoms with Gasteiger partial charge in [-0.15, -0.1) is 0 Å². The van der Waals surface area contributed by atoms with Crippen molar-refractivity contribution in [1.82, 2.24) is 4.90 Å². The van der Waals surface area contributed by atoms with E-state index in [1.54, 1.807) is 7.11 Å². The second kappa shape index (κ2) is 7.17. The number of carbonyl (C=O) groups is 1. The molecule has 0 radical (unpaired) electrons. The molecule has 3 nitrogen and oxygen atoms in total. The molecule has 0 spiro atoms. The fourth-order valence-electron chi connectivity index (χ4n) is 2.53. The SMILES string of the molecule is COc1ccc(CC(=O)N2CCCCCCC2)cc1. The van der Waals surface area contributed by atoms with Crippen LogP contribution in [-0.2, 0) is 11.2 Å². The summed E-state index contributed by atoms with van der Waals surface area (Å²) in [6.45, 7) is 1.85. The fourth-order valence-corrected chi connectivity index (χ4v) is 2.53. The summed E-state index contributed by atoms with van der Waals surface area (Å²) in [5, 5.41) is 0. The first-order valence-corrected chi connectivity index (χ1v) is 7.20. The Morgan fingerprint density at radius 2 is 1.63 bits per heavy atom. The van der Waals surface area contributed by atoms with Crippen LogP contribution < -0.4 is 4.74 Å². The van der Waals surface area contributed by atoms with Crippen LogP contribution in [0.3, 0.4) is 0 Å². The van der Waals surface area contributed by atoms with Crippen molar-refractivity contribution in [1.29, 1.82) is 0 Å². The first-order valence-electron chi connectivity index (χ1n) is 7.20. The van der Waals surface area contributed by atoms with Crippen molar-refractivity contribution in [2.75, 3.05) is 20.2 Å². The van der Waals surface area contributed by atoms with Gasteiger partial charge in [-0.2, -0.15) is 0 Å². The number of hydrogen-bond donors (Lipinski definition) is 0. The van der Waals surface area contributed by atoms with E-state index in [9.17, 15) is 4.79 Å². The number of benzene rings is 1. The van der Waals surface area contributed by atoms with Gasteiger partial charge in [0.25, 0.3) is 0 Å². The first-order chi connectivity index (χ1) is 9.29. The largest absolute Gasteiger partial charge is 0.497 e. The molecule has 0 unspecified atom stereocenters. The van der Waals surface area contributed by atoms with Gasteiger partial charge >= 0.3 is 0 Å². The van der Waals surface area contributed by atoms with E-state index in [-0.39, 0.29) is 5.91 Å². The second-order valence-corrected chi connectivity index (χ2v) is 5.17. The molecule has 1 aliphatic rings. The van der Waals surface area contributed by atoms with Crippen molar-refractivity contribution in [3.63, 3.8) is 0 Å².